The molecule has 21 aromatic carbocycles. The van der Waals surface area contributed by atoms with Gasteiger partial charge in [0.2, 0.25) is 0 Å². The first kappa shape index (κ1) is 90.9. The SMILES string of the molecule is c1ccc(-c2ccc(-c3nc(-c4ccc(-c5ccccc5)cc4)nc(-c4ccc(-c5cc6cccnc6c6ccccc56)cc4)n3)cc2)cc1.c1ccc(-c2ccc(-c3nc(-c4ccc(-c5ccccc5)cc4)nc(-c4ccc(-c5cccc6c5ccc5cccnc56)cc4)n3)cc2)cc1.c1ccc(-c2ccc(-c3nc(-c4ccc(-c5ccccc5)cc4)nc(-c4cccc(-c5ccc6c(ccc7ccncc76)c5)c4)n3)cc2)cc1. The minimum absolute atomic E-state index is 0.628. The van der Waals surface area contributed by atoms with Crippen LogP contribution in [-0.2, 0) is 0 Å². The average Bonchev–Trinajstić information content (AvgIpc) is 0.723. The summed E-state index contributed by atoms with van der Waals surface area (Å²) in [6, 6.07) is 181. The Morgan fingerprint density at radius 2 is 0.367 bits per heavy atom. The molecule has 0 spiro atoms. The molecular formula is C138H90N12. The third-order valence-electron chi connectivity index (χ3n) is 27.6. The summed E-state index contributed by atoms with van der Waals surface area (Å²) in [7, 11) is 0. The molecule has 150 heavy (non-hydrogen) atoms. The van der Waals surface area contributed by atoms with E-state index < -0.39 is 0 Å². The van der Waals surface area contributed by atoms with E-state index in [1.165, 1.54) is 65.9 Å². The first-order valence-corrected chi connectivity index (χ1v) is 50.1. The number of fused-ring (bicyclic) bond motifs is 9. The van der Waals surface area contributed by atoms with Gasteiger partial charge >= 0.3 is 0 Å². The van der Waals surface area contributed by atoms with Gasteiger partial charge in [-0.1, -0.05) is 485 Å². The van der Waals surface area contributed by atoms with Crippen LogP contribution < -0.4 is 0 Å². The van der Waals surface area contributed by atoms with Gasteiger partial charge in [-0.3, -0.25) is 15.0 Å². The molecule has 0 unspecified atom stereocenters. The van der Waals surface area contributed by atoms with Crippen LogP contribution in [0.5, 0.6) is 0 Å². The second kappa shape index (κ2) is 41.2. The van der Waals surface area contributed by atoms with Crippen LogP contribution in [0, 0.1) is 0 Å². The molecule has 0 atom stereocenters. The van der Waals surface area contributed by atoms with Gasteiger partial charge in [0.15, 0.2) is 52.4 Å². The maximum absolute atomic E-state index is 5.06. The predicted molar refractivity (Wildman–Crippen MR) is 616 cm³/mol. The first-order chi connectivity index (χ1) is 74.3. The minimum Gasteiger partial charge on any atom is -0.264 e. The molecule has 27 rings (SSSR count). The van der Waals surface area contributed by atoms with E-state index in [0.29, 0.717) is 52.4 Å². The van der Waals surface area contributed by atoms with Gasteiger partial charge in [0, 0.05) is 102 Å². The molecule has 6 aromatic heterocycles. The molecule has 0 N–H and O–H groups in total. The largest absolute Gasteiger partial charge is 0.264 e. The van der Waals surface area contributed by atoms with Crippen molar-refractivity contribution in [1.82, 2.24) is 59.8 Å². The van der Waals surface area contributed by atoms with Gasteiger partial charge in [0.25, 0.3) is 0 Å². The van der Waals surface area contributed by atoms with Gasteiger partial charge in [-0.25, -0.2) is 44.9 Å². The Balaban J connectivity index is 0.000000116. The number of hydrogen-bond acceptors (Lipinski definition) is 12. The van der Waals surface area contributed by atoms with Crippen molar-refractivity contribution >= 4 is 64.9 Å². The van der Waals surface area contributed by atoms with E-state index in [9.17, 15) is 0 Å². The average molecular weight is 1920 g/mol. The van der Waals surface area contributed by atoms with Crippen molar-refractivity contribution < 1.29 is 0 Å². The van der Waals surface area contributed by atoms with E-state index in [-0.39, 0.29) is 0 Å². The fraction of sp³-hybridized carbons (Fsp3) is 0. The molecule has 0 saturated heterocycles. The number of aromatic nitrogens is 12. The van der Waals surface area contributed by atoms with Crippen LogP contribution in [0.3, 0.4) is 0 Å². The lowest BCUT2D eigenvalue weighted by atomic mass is 9.95. The van der Waals surface area contributed by atoms with Crippen molar-refractivity contribution in [3.05, 3.63) is 546 Å². The summed E-state index contributed by atoms with van der Waals surface area (Å²) in [5.74, 6) is 5.68. The molecule has 0 aliphatic carbocycles. The van der Waals surface area contributed by atoms with Crippen LogP contribution in [0.25, 0.3) is 268 Å². The van der Waals surface area contributed by atoms with E-state index in [0.717, 1.165) is 149 Å². The third kappa shape index (κ3) is 19.2. The Hall–Kier alpha value is -20.3. The molecule has 0 fully saturated rings. The maximum Gasteiger partial charge on any atom is 0.164 e. The summed E-state index contributed by atoms with van der Waals surface area (Å²) < 4.78 is 0. The van der Waals surface area contributed by atoms with Crippen molar-refractivity contribution in [3.63, 3.8) is 0 Å². The molecule has 0 aliphatic heterocycles. The highest BCUT2D eigenvalue weighted by Gasteiger charge is 2.22. The fourth-order valence-electron chi connectivity index (χ4n) is 19.8. The summed E-state index contributed by atoms with van der Waals surface area (Å²) in [4.78, 5) is 59.0. The topological polar surface area (TPSA) is 155 Å². The molecule has 6 heterocycles. The predicted octanol–water partition coefficient (Wildman–Crippen LogP) is 34.7. The van der Waals surface area contributed by atoms with Crippen LogP contribution in [0.2, 0.25) is 0 Å². The zero-order valence-electron chi connectivity index (χ0n) is 81.3. The highest BCUT2D eigenvalue weighted by molar-refractivity contribution is 6.13. The molecule has 0 radical (unpaired) electrons. The highest BCUT2D eigenvalue weighted by atomic mass is 15.1. The molecule has 702 valence electrons. The Morgan fingerprint density at radius 3 is 0.747 bits per heavy atom. The summed E-state index contributed by atoms with van der Waals surface area (Å²) >= 11 is 0. The number of pyridine rings is 3. The van der Waals surface area contributed by atoms with E-state index in [2.05, 4.69) is 488 Å². The van der Waals surface area contributed by atoms with Crippen LogP contribution >= 0.6 is 0 Å². The first-order valence-electron chi connectivity index (χ1n) is 50.1. The Kier molecular flexibility index (Phi) is 25.0. The van der Waals surface area contributed by atoms with Crippen molar-refractivity contribution in [2.24, 2.45) is 0 Å². The minimum atomic E-state index is 0.628. The van der Waals surface area contributed by atoms with Gasteiger partial charge in [-0.05, 0) is 163 Å². The second-order valence-electron chi connectivity index (χ2n) is 37.0. The van der Waals surface area contributed by atoms with E-state index in [1.54, 1.807) is 0 Å². The fourth-order valence-corrected chi connectivity index (χ4v) is 19.8. The smallest absolute Gasteiger partial charge is 0.164 e. The molecular weight excluding hydrogens is 1830 g/mol. The lowest BCUT2D eigenvalue weighted by Gasteiger charge is -2.12. The monoisotopic (exact) mass is 1910 g/mol. The molecule has 12 nitrogen and oxygen atoms in total. The Labute approximate surface area is 867 Å². The number of benzene rings is 21. The zero-order chi connectivity index (χ0) is 99.8. The van der Waals surface area contributed by atoms with Crippen LogP contribution in [0.4, 0.5) is 0 Å². The third-order valence-corrected chi connectivity index (χ3v) is 27.6. The summed E-state index contributed by atoms with van der Waals surface area (Å²) in [6.07, 6.45) is 7.50. The quantitative estimate of drug-likeness (QED) is 0.0751. The van der Waals surface area contributed by atoms with E-state index >= 15 is 0 Å². The van der Waals surface area contributed by atoms with E-state index in [1.807, 2.05) is 73.3 Å². The van der Waals surface area contributed by atoms with Gasteiger partial charge in [0.05, 0.1) is 11.0 Å². The van der Waals surface area contributed by atoms with E-state index in [4.69, 9.17) is 44.9 Å². The van der Waals surface area contributed by atoms with Crippen molar-refractivity contribution in [2.75, 3.05) is 0 Å². The zero-order valence-corrected chi connectivity index (χ0v) is 81.3. The molecule has 0 aliphatic rings. The standard InChI is InChI=1S/3C46H30N4/c1-3-9-31(10-4-1)33-16-22-37(23-17-33)44-48-45(38-24-18-34(19-25-38)32-11-5-2-6-12-32)50-46(49-44)39-26-20-35(21-27-39)40-14-7-15-42-41(40)29-28-36-13-8-30-47-43(36)42;1-3-10-31(11-4-1)33-17-23-36(24-18-33)44-48-45(37-25-19-34(20-26-37)32-12-5-2-6-13-32)50-46(49-44)38-27-21-35(22-28-38)42-30-39-14-9-29-47-43(39)41-16-8-7-15-40(41)42;1-3-8-31(9-4-1)33-14-19-36(20-15-33)44-48-45(37-21-16-34(17-22-37)32-10-5-2-6-11-32)50-46(49-44)41-13-7-12-38(29-41)39-24-25-42-40(28-39)23-18-35-26-27-47-30-43(35)42/h3*1-30H. The molecule has 0 amide bonds. The molecule has 27 aromatic rings. The summed E-state index contributed by atoms with van der Waals surface area (Å²) in [6.45, 7) is 0. The van der Waals surface area contributed by atoms with Crippen molar-refractivity contribution in [2.45, 2.75) is 0 Å². The van der Waals surface area contributed by atoms with Crippen molar-refractivity contribution in [3.8, 4) is 203 Å². The highest BCUT2D eigenvalue weighted by Crippen LogP contribution is 2.42. The normalized spacial score (nSPS) is 11.2. The van der Waals surface area contributed by atoms with Crippen LogP contribution in [-0.4, -0.2) is 59.8 Å². The van der Waals surface area contributed by atoms with Crippen molar-refractivity contribution in [1.29, 1.82) is 0 Å². The van der Waals surface area contributed by atoms with Gasteiger partial charge in [0.1, 0.15) is 0 Å². The number of nitrogens with zero attached hydrogens (tertiary/aromatic N) is 12. The maximum atomic E-state index is 5.06. The second-order valence-corrected chi connectivity index (χ2v) is 37.0. The van der Waals surface area contributed by atoms with Crippen LogP contribution in [0.1, 0.15) is 0 Å². The molecule has 0 bridgehead atoms. The Bertz CT molecular complexity index is 9250. The summed E-state index contributed by atoms with van der Waals surface area (Å²) in [5.41, 5.74) is 31.1. The van der Waals surface area contributed by atoms with Gasteiger partial charge in [-0.15, -0.1) is 0 Å². The number of rotatable bonds is 18. The van der Waals surface area contributed by atoms with Crippen LogP contribution in [0.15, 0.2) is 546 Å². The number of hydrogen-bond donors (Lipinski definition) is 0. The summed E-state index contributed by atoms with van der Waals surface area (Å²) in [5, 5.41) is 11.6. The lowest BCUT2D eigenvalue weighted by molar-refractivity contribution is 1.07. The molecule has 0 saturated carbocycles. The Morgan fingerprint density at radius 1 is 0.113 bits per heavy atom. The lowest BCUT2D eigenvalue weighted by Crippen LogP contribution is -2.00. The molecule has 12 heteroatoms. The van der Waals surface area contributed by atoms with Gasteiger partial charge < -0.3 is 0 Å². The van der Waals surface area contributed by atoms with Gasteiger partial charge in [-0.2, -0.15) is 0 Å².